The van der Waals surface area contributed by atoms with Crippen LogP contribution in [0.15, 0.2) is 42.1 Å². The molecule has 4 rings (SSSR count). The molecule has 0 amide bonds. The van der Waals surface area contributed by atoms with E-state index >= 15 is 0 Å². The highest BCUT2D eigenvalue weighted by molar-refractivity contribution is 5.78. The second kappa shape index (κ2) is 4.29. The molecule has 1 aromatic carbocycles. The zero-order valence-corrected chi connectivity index (χ0v) is 12.4. The number of hydrogen-bond acceptors (Lipinski definition) is 4. The zero-order chi connectivity index (χ0) is 16.4. The van der Waals surface area contributed by atoms with E-state index in [1.165, 1.54) is 12.1 Å². The summed E-state index contributed by atoms with van der Waals surface area (Å²) in [5.74, 6) is -0.145. The molecule has 2 aliphatic rings. The number of ether oxygens (including phenoxy) is 2. The Morgan fingerprint density at radius 2 is 1.83 bits per heavy atom. The van der Waals surface area contributed by atoms with Crippen LogP contribution in [0, 0.1) is 0 Å². The predicted octanol–water partition coefficient (Wildman–Crippen LogP) is 3.45. The molecule has 1 atom stereocenters. The van der Waals surface area contributed by atoms with Crippen molar-refractivity contribution in [1.82, 2.24) is 4.98 Å². The summed E-state index contributed by atoms with van der Waals surface area (Å²) in [6, 6.07) is 7.83. The molecule has 0 fully saturated rings. The highest BCUT2D eigenvalue weighted by Gasteiger charge is 2.46. The van der Waals surface area contributed by atoms with E-state index in [4.69, 9.17) is 0 Å². The number of hydrogen-bond donors (Lipinski definition) is 1. The number of aromatic nitrogens is 1. The molecule has 1 N–H and O–H groups in total. The van der Waals surface area contributed by atoms with Gasteiger partial charge in [0, 0.05) is 11.8 Å². The Balaban J connectivity index is 1.89. The molecule has 118 valence electrons. The van der Waals surface area contributed by atoms with E-state index in [0.717, 1.165) is 5.57 Å². The maximum absolute atomic E-state index is 13.2. The number of halogens is 2. The molecule has 0 saturated heterocycles. The van der Waals surface area contributed by atoms with E-state index < -0.39 is 11.9 Å². The fourth-order valence-electron chi connectivity index (χ4n) is 3.19. The van der Waals surface area contributed by atoms with Crippen LogP contribution in [0.25, 0.3) is 5.57 Å². The molecule has 23 heavy (non-hydrogen) atoms. The first-order chi connectivity index (χ1) is 10.8. The number of fused-ring (bicyclic) bond motifs is 2. The van der Waals surface area contributed by atoms with Crippen molar-refractivity contribution in [2.75, 3.05) is 0 Å². The summed E-state index contributed by atoms with van der Waals surface area (Å²) in [6.07, 6.45) is -2.03. The molecule has 2 aromatic rings. The molecular formula is C17H13F2NO3. The maximum Gasteiger partial charge on any atom is 0.586 e. The molecular weight excluding hydrogens is 304 g/mol. The first-order valence-electron chi connectivity index (χ1n) is 7.09. The van der Waals surface area contributed by atoms with Crippen molar-refractivity contribution in [3.8, 4) is 11.5 Å². The Bertz CT molecular complexity index is 863. The number of allylic oxidation sites excluding steroid dienone is 1. The van der Waals surface area contributed by atoms with Crippen molar-refractivity contribution < 1.29 is 23.4 Å². The lowest BCUT2D eigenvalue weighted by molar-refractivity contribution is -0.286. The molecule has 2 heterocycles. The normalized spacial score (nSPS) is 24.0. The van der Waals surface area contributed by atoms with Gasteiger partial charge in [-0.1, -0.05) is 12.1 Å². The van der Waals surface area contributed by atoms with Crippen molar-refractivity contribution in [1.29, 1.82) is 0 Å². The van der Waals surface area contributed by atoms with Gasteiger partial charge in [0.2, 0.25) is 0 Å². The van der Waals surface area contributed by atoms with E-state index in [1.54, 1.807) is 31.3 Å². The summed E-state index contributed by atoms with van der Waals surface area (Å²) in [7, 11) is 0. The highest BCUT2D eigenvalue weighted by Crippen LogP contribution is 2.50. The predicted molar refractivity (Wildman–Crippen MR) is 78.1 cm³/mol. The number of nitrogens with zero attached hydrogens (tertiary/aromatic N) is 1. The summed E-state index contributed by atoms with van der Waals surface area (Å²) in [5, 5.41) is 11.3. The molecule has 0 spiro atoms. The third kappa shape index (κ3) is 1.81. The van der Waals surface area contributed by atoms with Crippen LogP contribution >= 0.6 is 0 Å². The monoisotopic (exact) mass is 317 g/mol. The number of pyridine rings is 1. The summed E-state index contributed by atoms with van der Waals surface area (Å²) >= 11 is 0. The smallest absolute Gasteiger partial charge is 0.395 e. The van der Waals surface area contributed by atoms with Gasteiger partial charge in [-0.05, 0) is 48.8 Å². The minimum Gasteiger partial charge on any atom is -0.395 e. The van der Waals surface area contributed by atoms with Crippen molar-refractivity contribution in [3.05, 3.63) is 58.9 Å². The maximum atomic E-state index is 13.2. The van der Waals surface area contributed by atoms with E-state index in [-0.39, 0.29) is 11.5 Å². The molecule has 1 aromatic heterocycles. The van der Waals surface area contributed by atoms with Crippen LogP contribution in [0.3, 0.4) is 0 Å². The van der Waals surface area contributed by atoms with Gasteiger partial charge in [-0.3, -0.25) is 4.98 Å². The van der Waals surface area contributed by atoms with E-state index in [2.05, 4.69) is 14.5 Å². The Morgan fingerprint density at radius 3 is 2.61 bits per heavy atom. The van der Waals surface area contributed by atoms with E-state index in [9.17, 15) is 13.9 Å². The number of benzene rings is 1. The molecule has 0 saturated carbocycles. The van der Waals surface area contributed by atoms with E-state index in [1.807, 2.05) is 6.92 Å². The first kappa shape index (κ1) is 14.1. The van der Waals surface area contributed by atoms with Gasteiger partial charge >= 0.3 is 6.29 Å². The quantitative estimate of drug-likeness (QED) is 0.875. The molecule has 1 aliphatic carbocycles. The molecule has 0 bridgehead atoms. The lowest BCUT2D eigenvalue weighted by atomic mass is 9.84. The van der Waals surface area contributed by atoms with Crippen molar-refractivity contribution in [2.45, 2.75) is 25.7 Å². The van der Waals surface area contributed by atoms with Crippen LogP contribution in [-0.2, 0) is 5.60 Å². The first-order valence-corrected chi connectivity index (χ1v) is 7.09. The highest BCUT2D eigenvalue weighted by atomic mass is 19.3. The van der Waals surface area contributed by atoms with Crippen LogP contribution in [0.4, 0.5) is 8.78 Å². The van der Waals surface area contributed by atoms with Gasteiger partial charge in [0.1, 0.15) is 5.60 Å². The molecule has 1 unspecified atom stereocenters. The average Bonchev–Trinajstić information content (AvgIpc) is 2.94. The minimum atomic E-state index is -3.68. The third-order valence-corrected chi connectivity index (χ3v) is 4.48. The summed E-state index contributed by atoms with van der Waals surface area (Å²) < 4.78 is 35.3. The molecule has 1 aliphatic heterocycles. The van der Waals surface area contributed by atoms with Crippen molar-refractivity contribution in [3.63, 3.8) is 0 Å². The second-order valence-corrected chi connectivity index (χ2v) is 5.69. The summed E-state index contributed by atoms with van der Waals surface area (Å²) in [5.41, 5.74) is 1.91. The Hall–Kier alpha value is -2.47. The topological polar surface area (TPSA) is 51.6 Å². The molecule has 0 radical (unpaired) electrons. The Morgan fingerprint density at radius 1 is 1.09 bits per heavy atom. The number of rotatable bonds is 1. The average molecular weight is 317 g/mol. The lowest BCUT2D eigenvalue weighted by Crippen LogP contribution is -2.27. The third-order valence-electron chi connectivity index (χ3n) is 4.48. The lowest BCUT2D eigenvalue weighted by Gasteiger charge is -2.27. The van der Waals surface area contributed by atoms with Gasteiger partial charge in [0.15, 0.2) is 11.5 Å². The second-order valence-electron chi connectivity index (χ2n) is 5.69. The van der Waals surface area contributed by atoms with Gasteiger partial charge in [-0.15, -0.1) is 8.78 Å². The van der Waals surface area contributed by atoms with Gasteiger partial charge in [-0.2, -0.15) is 0 Å². The van der Waals surface area contributed by atoms with Gasteiger partial charge in [-0.25, -0.2) is 0 Å². The largest absolute Gasteiger partial charge is 0.586 e. The van der Waals surface area contributed by atoms with Gasteiger partial charge < -0.3 is 14.6 Å². The summed E-state index contributed by atoms with van der Waals surface area (Å²) in [4.78, 5) is 4.31. The number of aliphatic hydroxyl groups is 1. The van der Waals surface area contributed by atoms with Crippen molar-refractivity contribution >= 4 is 5.57 Å². The van der Waals surface area contributed by atoms with Crippen LogP contribution in [-0.4, -0.2) is 16.4 Å². The van der Waals surface area contributed by atoms with Crippen LogP contribution < -0.4 is 9.47 Å². The van der Waals surface area contributed by atoms with E-state index in [0.29, 0.717) is 22.4 Å². The molecule has 6 heteroatoms. The van der Waals surface area contributed by atoms with Crippen LogP contribution in [0.2, 0.25) is 0 Å². The molecule has 4 nitrogen and oxygen atoms in total. The fraction of sp³-hybridized carbons (Fsp3) is 0.235. The zero-order valence-electron chi connectivity index (χ0n) is 12.4. The minimum absolute atomic E-state index is 0.0508. The Labute approximate surface area is 131 Å². The van der Waals surface area contributed by atoms with Crippen molar-refractivity contribution in [2.24, 2.45) is 0 Å². The fourth-order valence-corrected chi connectivity index (χ4v) is 3.19. The van der Waals surface area contributed by atoms with Gasteiger partial charge in [0.05, 0.1) is 5.69 Å². The van der Waals surface area contributed by atoms with Crippen LogP contribution in [0.5, 0.6) is 11.5 Å². The van der Waals surface area contributed by atoms with Gasteiger partial charge in [0.25, 0.3) is 0 Å². The summed E-state index contributed by atoms with van der Waals surface area (Å²) in [6.45, 7) is 3.68. The van der Waals surface area contributed by atoms with Crippen LogP contribution in [0.1, 0.15) is 30.7 Å². The Kier molecular flexibility index (Phi) is 2.64. The standard InChI is InChI=1S/C17H13F2NO3/c1-9-10(2)16(21,12-4-3-7-20-15(9)12)11-5-6-13-14(8-11)23-17(18,19)22-13/h3-8,21H,1-2H3. The SMILES string of the molecule is CC1=C(C)C(O)(c2ccc3c(c2)OC(F)(F)O3)c2cccnc21. The number of alkyl halides is 2.